The Balaban J connectivity index is 0.000000141. The minimum absolute atomic E-state index is 0.870. The van der Waals surface area contributed by atoms with Crippen LogP contribution in [0.5, 0.6) is 0 Å². The molecule has 1 aliphatic heterocycles. The Hall–Kier alpha value is -1.62. The van der Waals surface area contributed by atoms with E-state index in [1.165, 1.54) is 26.6 Å². The zero-order valence-electron chi connectivity index (χ0n) is 14.2. The predicted molar refractivity (Wildman–Crippen MR) is 107 cm³/mol. The van der Waals surface area contributed by atoms with Gasteiger partial charge in [0, 0.05) is 33.9 Å². The molecular formula is C20H23NOS2. The number of hydrogen-bond acceptors (Lipinski definition) is 4. The van der Waals surface area contributed by atoms with Gasteiger partial charge in [-0.15, -0.1) is 22.7 Å². The van der Waals surface area contributed by atoms with Crippen molar-refractivity contribution in [1.82, 2.24) is 0 Å². The van der Waals surface area contributed by atoms with Gasteiger partial charge in [-0.3, -0.25) is 0 Å². The summed E-state index contributed by atoms with van der Waals surface area (Å²) in [5, 5.41) is 4.42. The first-order valence-electron chi connectivity index (χ1n) is 8.21. The van der Waals surface area contributed by atoms with Gasteiger partial charge in [0.1, 0.15) is 0 Å². The number of ether oxygens (including phenoxy) is 1. The molecule has 0 spiro atoms. The third kappa shape index (κ3) is 4.69. The van der Waals surface area contributed by atoms with Crippen LogP contribution in [0.3, 0.4) is 0 Å². The Bertz CT molecular complexity index is 742. The minimum atomic E-state index is 0.870. The van der Waals surface area contributed by atoms with Gasteiger partial charge in [-0.25, -0.2) is 0 Å². The molecule has 0 saturated carbocycles. The van der Waals surface area contributed by atoms with Gasteiger partial charge in [-0.05, 0) is 42.5 Å². The molecule has 0 atom stereocenters. The lowest BCUT2D eigenvalue weighted by Crippen LogP contribution is -2.35. The van der Waals surface area contributed by atoms with Crippen molar-refractivity contribution in [2.75, 3.05) is 31.2 Å². The van der Waals surface area contributed by atoms with E-state index in [4.69, 9.17) is 4.74 Å². The van der Waals surface area contributed by atoms with E-state index in [1.807, 2.05) is 17.4 Å². The lowest BCUT2D eigenvalue weighted by Gasteiger charge is -2.27. The predicted octanol–water partition coefficient (Wildman–Crippen LogP) is 5.62. The molecule has 0 bridgehead atoms. The van der Waals surface area contributed by atoms with E-state index in [2.05, 4.69) is 65.9 Å². The topological polar surface area (TPSA) is 12.5 Å². The molecule has 1 saturated heterocycles. The second kappa shape index (κ2) is 8.47. The van der Waals surface area contributed by atoms with Crippen LogP contribution in [0.4, 0.5) is 5.69 Å². The van der Waals surface area contributed by atoms with Crippen LogP contribution in [0.1, 0.15) is 9.75 Å². The number of benzene rings is 1. The van der Waals surface area contributed by atoms with Crippen molar-refractivity contribution in [2.45, 2.75) is 13.8 Å². The summed E-state index contributed by atoms with van der Waals surface area (Å²) in [6, 6.07) is 14.9. The molecule has 0 N–H and O–H groups in total. The Labute approximate surface area is 152 Å². The molecule has 4 rings (SSSR count). The highest BCUT2D eigenvalue weighted by atomic mass is 32.1. The molecule has 4 heteroatoms. The Morgan fingerprint density at radius 1 is 0.833 bits per heavy atom. The average molecular weight is 358 g/mol. The largest absolute Gasteiger partial charge is 0.378 e. The number of morpholine rings is 1. The molecule has 0 radical (unpaired) electrons. The molecule has 0 unspecified atom stereocenters. The number of hydrogen-bond donors (Lipinski definition) is 0. The smallest absolute Gasteiger partial charge is 0.0642 e. The van der Waals surface area contributed by atoms with Crippen LogP contribution in [0.25, 0.3) is 11.1 Å². The zero-order valence-corrected chi connectivity index (χ0v) is 15.8. The summed E-state index contributed by atoms with van der Waals surface area (Å²) in [5.41, 5.74) is 4.00. The average Bonchev–Trinajstić information content (AvgIpc) is 3.26. The molecule has 2 nitrogen and oxygen atoms in total. The van der Waals surface area contributed by atoms with Crippen molar-refractivity contribution >= 4 is 28.4 Å². The van der Waals surface area contributed by atoms with Gasteiger partial charge in [0.05, 0.1) is 13.2 Å². The van der Waals surface area contributed by atoms with Crippen molar-refractivity contribution in [1.29, 1.82) is 0 Å². The lowest BCUT2D eigenvalue weighted by molar-refractivity contribution is 0.122. The molecule has 3 heterocycles. The van der Waals surface area contributed by atoms with Crippen LogP contribution in [-0.4, -0.2) is 26.3 Å². The standard InChI is InChI=1S/C11H10S.C9H13NOS/c1-9-7-11(8-12-9)10-5-3-2-4-6-10;1-8-6-9(7-12-8)10-2-4-11-5-3-10/h2-8H,1H3;6-7H,2-5H2,1H3. The van der Waals surface area contributed by atoms with Gasteiger partial charge in [0.2, 0.25) is 0 Å². The highest BCUT2D eigenvalue weighted by Gasteiger charge is 2.11. The van der Waals surface area contributed by atoms with E-state index < -0.39 is 0 Å². The van der Waals surface area contributed by atoms with Crippen molar-refractivity contribution in [3.8, 4) is 11.1 Å². The van der Waals surface area contributed by atoms with Crippen LogP contribution in [0.2, 0.25) is 0 Å². The van der Waals surface area contributed by atoms with Crippen LogP contribution in [0.15, 0.2) is 53.2 Å². The first-order valence-corrected chi connectivity index (χ1v) is 9.97. The summed E-state index contributed by atoms with van der Waals surface area (Å²) in [6.45, 7) is 8.10. The second-order valence-corrected chi connectivity index (χ2v) is 8.06. The molecule has 2 aromatic heterocycles. The van der Waals surface area contributed by atoms with Gasteiger partial charge in [-0.2, -0.15) is 0 Å². The Kier molecular flexibility index (Phi) is 6.07. The van der Waals surface area contributed by atoms with E-state index in [1.54, 1.807) is 11.3 Å². The quantitative estimate of drug-likeness (QED) is 0.590. The fourth-order valence-electron chi connectivity index (χ4n) is 2.64. The van der Waals surface area contributed by atoms with Gasteiger partial charge in [-0.1, -0.05) is 30.3 Å². The van der Waals surface area contributed by atoms with Crippen molar-refractivity contribution in [3.05, 3.63) is 63.0 Å². The zero-order chi connectivity index (χ0) is 16.8. The summed E-state index contributed by atoms with van der Waals surface area (Å²) in [4.78, 5) is 5.14. The van der Waals surface area contributed by atoms with E-state index in [9.17, 15) is 0 Å². The monoisotopic (exact) mass is 357 g/mol. The second-order valence-electron chi connectivity index (χ2n) is 5.83. The normalized spacial score (nSPS) is 14.2. The third-order valence-electron chi connectivity index (χ3n) is 3.93. The summed E-state index contributed by atoms with van der Waals surface area (Å²) in [6.07, 6.45) is 0. The fourth-order valence-corrected chi connectivity index (χ4v) is 4.07. The number of aryl methyl sites for hydroxylation is 2. The summed E-state index contributed by atoms with van der Waals surface area (Å²) in [7, 11) is 0. The van der Waals surface area contributed by atoms with E-state index in [0.29, 0.717) is 0 Å². The Morgan fingerprint density at radius 2 is 1.50 bits per heavy atom. The van der Waals surface area contributed by atoms with E-state index in [0.717, 1.165) is 26.3 Å². The van der Waals surface area contributed by atoms with Gasteiger partial charge in [0.15, 0.2) is 0 Å². The first kappa shape index (κ1) is 17.2. The van der Waals surface area contributed by atoms with Crippen molar-refractivity contribution < 1.29 is 4.74 Å². The summed E-state index contributed by atoms with van der Waals surface area (Å²) < 4.78 is 5.29. The summed E-state index contributed by atoms with van der Waals surface area (Å²) >= 11 is 3.61. The van der Waals surface area contributed by atoms with Gasteiger partial charge >= 0.3 is 0 Å². The molecule has 3 aromatic rings. The highest BCUT2D eigenvalue weighted by Crippen LogP contribution is 2.24. The van der Waals surface area contributed by atoms with Crippen LogP contribution < -0.4 is 4.90 Å². The Morgan fingerprint density at radius 3 is 2.08 bits per heavy atom. The highest BCUT2D eigenvalue weighted by molar-refractivity contribution is 7.10. The maximum Gasteiger partial charge on any atom is 0.0642 e. The third-order valence-corrected chi connectivity index (χ3v) is 5.64. The first-order chi connectivity index (χ1) is 11.7. The maximum atomic E-state index is 5.29. The minimum Gasteiger partial charge on any atom is -0.378 e. The molecule has 1 aliphatic rings. The summed E-state index contributed by atoms with van der Waals surface area (Å²) in [5.74, 6) is 0. The van der Waals surface area contributed by atoms with Crippen LogP contribution in [0, 0.1) is 13.8 Å². The molecule has 1 aromatic carbocycles. The number of nitrogens with zero attached hydrogens (tertiary/aromatic N) is 1. The molecular weight excluding hydrogens is 334 g/mol. The van der Waals surface area contributed by atoms with Crippen LogP contribution in [-0.2, 0) is 4.74 Å². The number of rotatable bonds is 2. The number of thiophene rings is 2. The van der Waals surface area contributed by atoms with Gasteiger partial charge < -0.3 is 9.64 Å². The number of anilines is 1. The van der Waals surface area contributed by atoms with Crippen molar-refractivity contribution in [2.24, 2.45) is 0 Å². The van der Waals surface area contributed by atoms with E-state index in [-0.39, 0.29) is 0 Å². The maximum absolute atomic E-state index is 5.29. The van der Waals surface area contributed by atoms with Gasteiger partial charge in [0.25, 0.3) is 0 Å². The SMILES string of the molecule is Cc1cc(-c2ccccc2)cs1.Cc1cc(N2CCOCC2)cs1. The fraction of sp³-hybridized carbons (Fsp3) is 0.300. The molecule has 126 valence electrons. The molecule has 0 aliphatic carbocycles. The lowest BCUT2D eigenvalue weighted by atomic mass is 10.1. The molecule has 0 amide bonds. The van der Waals surface area contributed by atoms with E-state index >= 15 is 0 Å². The van der Waals surface area contributed by atoms with Crippen LogP contribution >= 0.6 is 22.7 Å². The molecule has 24 heavy (non-hydrogen) atoms. The van der Waals surface area contributed by atoms with Crippen molar-refractivity contribution in [3.63, 3.8) is 0 Å². The molecule has 1 fully saturated rings.